The van der Waals surface area contributed by atoms with Crippen LogP contribution in [0.25, 0.3) is 0 Å². The van der Waals surface area contributed by atoms with Crippen molar-refractivity contribution in [3.05, 3.63) is 89.7 Å². The Morgan fingerprint density at radius 3 is 1.61 bits per heavy atom. The molecule has 116 valence electrons. The molecule has 0 radical (unpaired) electrons. The summed E-state index contributed by atoms with van der Waals surface area (Å²) in [5.74, 6) is 0.752. The Balaban J connectivity index is 1.85. The second-order valence-electron chi connectivity index (χ2n) is 5.35. The van der Waals surface area contributed by atoms with Crippen molar-refractivity contribution in [2.75, 3.05) is 4.90 Å². The summed E-state index contributed by atoms with van der Waals surface area (Å²) in [7, 11) is 0. The molecular weight excluding hydrogens is 350 g/mol. The van der Waals surface area contributed by atoms with Crippen molar-refractivity contribution in [1.82, 2.24) is 9.97 Å². The highest BCUT2D eigenvalue weighted by molar-refractivity contribution is 9.08. The Morgan fingerprint density at radius 1 is 0.696 bits per heavy atom. The van der Waals surface area contributed by atoms with Crippen LogP contribution in [-0.2, 0) is 18.4 Å². The van der Waals surface area contributed by atoms with Gasteiger partial charge in [-0.25, -0.2) is 9.97 Å². The molecule has 0 amide bonds. The summed E-state index contributed by atoms with van der Waals surface area (Å²) in [6.45, 7) is 1.56. The van der Waals surface area contributed by atoms with E-state index < -0.39 is 0 Å². The highest BCUT2D eigenvalue weighted by Gasteiger charge is 2.11. The van der Waals surface area contributed by atoms with Crippen LogP contribution in [-0.4, -0.2) is 9.97 Å². The van der Waals surface area contributed by atoms with E-state index in [1.54, 1.807) is 0 Å². The minimum absolute atomic E-state index is 0.752. The number of benzene rings is 2. The number of aromatic nitrogens is 2. The minimum atomic E-state index is 0.752. The molecule has 3 aromatic rings. The van der Waals surface area contributed by atoms with Crippen molar-refractivity contribution in [2.45, 2.75) is 18.4 Å². The van der Waals surface area contributed by atoms with Crippen molar-refractivity contribution in [2.24, 2.45) is 0 Å². The predicted octanol–water partition coefficient (Wildman–Crippen LogP) is 4.58. The first-order valence-electron chi connectivity index (χ1n) is 7.55. The number of rotatable bonds is 6. The summed E-state index contributed by atoms with van der Waals surface area (Å²) < 4.78 is 0. The molecule has 0 saturated carbocycles. The largest absolute Gasteiger partial charge is 0.332 e. The Bertz CT molecular complexity index is 673. The van der Waals surface area contributed by atoms with Crippen LogP contribution in [0.4, 0.5) is 5.95 Å². The van der Waals surface area contributed by atoms with Crippen LogP contribution in [0.1, 0.15) is 16.7 Å². The van der Waals surface area contributed by atoms with E-state index in [1.165, 1.54) is 11.1 Å². The number of anilines is 1. The van der Waals surface area contributed by atoms with Crippen molar-refractivity contribution in [1.29, 1.82) is 0 Å². The highest BCUT2D eigenvalue weighted by Crippen LogP contribution is 2.16. The van der Waals surface area contributed by atoms with Gasteiger partial charge in [0.1, 0.15) is 0 Å². The number of hydrogen-bond donors (Lipinski definition) is 0. The SMILES string of the molecule is BrCc1cnc(N(Cc2ccccc2)Cc2ccccc2)nc1. The van der Waals surface area contributed by atoms with Crippen LogP contribution in [0.3, 0.4) is 0 Å². The summed E-state index contributed by atoms with van der Waals surface area (Å²) >= 11 is 3.43. The molecule has 1 aromatic heterocycles. The second-order valence-corrected chi connectivity index (χ2v) is 5.91. The summed E-state index contributed by atoms with van der Waals surface area (Å²) in [5, 5.41) is 0.769. The average Bonchev–Trinajstić information content (AvgIpc) is 2.63. The quantitative estimate of drug-likeness (QED) is 0.597. The third-order valence-electron chi connectivity index (χ3n) is 3.56. The van der Waals surface area contributed by atoms with Gasteiger partial charge in [-0.3, -0.25) is 0 Å². The maximum absolute atomic E-state index is 4.53. The van der Waals surface area contributed by atoms with E-state index in [1.807, 2.05) is 24.5 Å². The van der Waals surface area contributed by atoms with Gasteiger partial charge in [0.2, 0.25) is 5.95 Å². The molecule has 3 nitrogen and oxygen atoms in total. The first-order chi connectivity index (χ1) is 11.3. The molecular formula is C19H18BrN3. The molecule has 0 fully saturated rings. The fraction of sp³-hybridized carbons (Fsp3) is 0.158. The van der Waals surface area contributed by atoms with Crippen molar-refractivity contribution >= 4 is 21.9 Å². The van der Waals surface area contributed by atoms with Gasteiger partial charge in [0, 0.05) is 30.8 Å². The standard InChI is InChI=1S/C19H18BrN3/c20-11-18-12-21-19(22-13-18)23(14-16-7-3-1-4-8-16)15-17-9-5-2-6-10-17/h1-10,12-13H,11,14-15H2. The lowest BCUT2D eigenvalue weighted by Gasteiger charge is -2.23. The molecule has 2 aromatic carbocycles. The van der Waals surface area contributed by atoms with Crippen LogP contribution >= 0.6 is 15.9 Å². The normalized spacial score (nSPS) is 10.5. The molecule has 0 N–H and O–H groups in total. The van der Waals surface area contributed by atoms with E-state index in [0.717, 1.165) is 29.9 Å². The molecule has 0 bridgehead atoms. The van der Waals surface area contributed by atoms with Gasteiger partial charge < -0.3 is 4.90 Å². The van der Waals surface area contributed by atoms with Gasteiger partial charge in [-0.2, -0.15) is 0 Å². The zero-order chi connectivity index (χ0) is 15.9. The van der Waals surface area contributed by atoms with Crippen molar-refractivity contribution < 1.29 is 0 Å². The monoisotopic (exact) mass is 367 g/mol. The maximum atomic E-state index is 4.53. The predicted molar refractivity (Wildman–Crippen MR) is 97.4 cm³/mol. The first kappa shape index (κ1) is 15.7. The van der Waals surface area contributed by atoms with Crippen molar-refractivity contribution in [3.63, 3.8) is 0 Å². The zero-order valence-corrected chi connectivity index (χ0v) is 14.4. The summed E-state index contributed by atoms with van der Waals surface area (Å²) in [5.41, 5.74) is 3.57. The topological polar surface area (TPSA) is 29.0 Å². The average molecular weight is 368 g/mol. The molecule has 23 heavy (non-hydrogen) atoms. The van der Waals surface area contributed by atoms with Gasteiger partial charge in [-0.1, -0.05) is 76.6 Å². The third-order valence-corrected chi connectivity index (χ3v) is 4.21. The molecule has 0 spiro atoms. The molecule has 0 atom stereocenters. The van der Waals surface area contributed by atoms with Gasteiger partial charge in [0.05, 0.1) is 0 Å². The fourth-order valence-corrected chi connectivity index (χ4v) is 2.67. The molecule has 0 aliphatic rings. The maximum Gasteiger partial charge on any atom is 0.225 e. The van der Waals surface area contributed by atoms with E-state index in [-0.39, 0.29) is 0 Å². The lowest BCUT2D eigenvalue weighted by atomic mass is 10.2. The second kappa shape index (κ2) is 7.88. The van der Waals surface area contributed by atoms with Gasteiger partial charge in [-0.15, -0.1) is 0 Å². The summed E-state index contributed by atoms with van der Waals surface area (Å²) in [6, 6.07) is 20.8. The summed E-state index contributed by atoms with van der Waals surface area (Å²) in [6.07, 6.45) is 3.75. The molecule has 0 unspecified atom stereocenters. The number of alkyl halides is 1. The first-order valence-corrected chi connectivity index (χ1v) is 8.67. The molecule has 0 saturated heterocycles. The smallest absolute Gasteiger partial charge is 0.225 e. The van der Waals surface area contributed by atoms with Gasteiger partial charge in [-0.05, 0) is 16.7 Å². The zero-order valence-electron chi connectivity index (χ0n) is 12.8. The Kier molecular flexibility index (Phi) is 5.37. The third kappa shape index (κ3) is 4.39. The van der Waals surface area contributed by atoms with Gasteiger partial charge >= 0.3 is 0 Å². The number of nitrogens with zero attached hydrogens (tertiary/aromatic N) is 3. The number of hydrogen-bond acceptors (Lipinski definition) is 3. The van der Waals surface area contributed by atoms with E-state index in [2.05, 4.69) is 79.3 Å². The Hall–Kier alpha value is -2.20. The molecule has 0 aliphatic carbocycles. The van der Waals surface area contributed by atoms with Crippen LogP contribution in [0.5, 0.6) is 0 Å². The minimum Gasteiger partial charge on any atom is -0.332 e. The molecule has 0 aliphatic heterocycles. The summed E-state index contributed by atoms with van der Waals surface area (Å²) in [4.78, 5) is 11.3. The molecule has 3 rings (SSSR count). The van der Waals surface area contributed by atoms with E-state index in [9.17, 15) is 0 Å². The van der Waals surface area contributed by atoms with Gasteiger partial charge in [0.15, 0.2) is 0 Å². The van der Waals surface area contributed by atoms with Gasteiger partial charge in [0.25, 0.3) is 0 Å². The Morgan fingerprint density at radius 2 is 1.17 bits per heavy atom. The van der Waals surface area contributed by atoms with Crippen LogP contribution in [0.2, 0.25) is 0 Å². The highest BCUT2D eigenvalue weighted by atomic mass is 79.9. The fourth-order valence-electron chi connectivity index (χ4n) is 2.39. The lowest BCUT2D eigenvalue weighted by molar-refractivity contribution is 0.762. The molecule has 1 heterocycles. The molecule has 4 heteroatoms. The Labute approximate surface area is 145 Å². The van der Waals surface area contributed by atoms with E-state index in [0.29, 0.717) is 0 Å². The van der Waals surface area contributed by atoms with Crippen LogP contribution in [0.15, 0.2) is 73.1 Å². The lowest BCUT2D eigenvalue weighted by Crippen LogP contribution is -2.24. The van der Waals surface area contributed by atoms with E-state index >= 15 is 0 Å². The van der Waals surface area contributed by atoms with Crippen LogP contribution in [0, 0.1) is 0 Å². The number of halogens is 1. The van der Waals surface area contributed by atoms with Crippen LogP contribution < -0.4 is 4.90 Å². The van der Waals surface area contributed by atoms with Crippen molar-refractivity contribution in [3.8, 4) is 0 Å². The van der Waals surface area contributed by atoms with E-state index in [4.69, 9.17) is 0 Å².